The fourth-order valence-corrected chi connectivity index (χ4v) is 1.12. The molecule has 0 bridgehead atoms. The van der Waals surface area contributed by atoms with Crippen molar-refractivity contribution < 1.29 is 9.59 Å². The lowest BCUT2D eigenvalue weighted by Crippen LogP contribution is -1.95. The molecule has 0 radical (unpaired) electrons. The Bertz CT molecular complexity index is 373. The average Bonchev–Trinajstić information content (AvgIpc) is 2.18. The Balaban J connectivity index is 2.93. The fraction of sp³-hybridized carbons (Fsp3) is 0.273. The zero-order chi connectivity index (χ0) is 10.6. The summed E-state index contributed by atoms with van der Waals surface area (Å²) in [6, 6.07) is 7.05. The molecule has 0 aliphatic rings. The van der Waals surface area contributed by atoms with E-state index in [1.54, 1.807) is 12.1 Å². The number of hydrogen-bond donors (Lipinski definition) is 0. The first-order valence-electron chi connectivity index (χ1n) is 4.37. The van der Waals surface area contributed by atoms with Gasteiger partial charge in [-0.3, -0.25) is 4.79 Å². The Morgan fingerprint density at radius 1 is 1.29 bits per heavy atom. The van der Waals surface area contributed by atoms with Crippen molar-refractivity contribution in [2.75, 3.05) is 0 Å². The van der Waals surface area contributed by atoms with Crippen LogP contribution in [0, 0.1) is 0 Å². The van der Waals surface area contributed by atoms with Crippen LogP contribution < -0.4 is 0 Å². The smallest absolute Gasteiger partial charge is 0.266 e. The molecule has 1 aromatic rings. The number of rotatable bonds is 2. The second-order valence-corrected chi connectivity index (χ2v) is 3.28. The summed E-state index contributed by atoms with van der Waals surface area (Å²) in [5.41, 5.74) is 1.56. The molecule has 3 heteroatoms. The quantitative estimate of drug-likeness (QED) is 0.529. The lowest BCUT2D eigenvalue weighted by Gasteiger charge is -2.04. The minimum absolute atomic E-state index is 0.415. The van der Waals surface area contributed by atoms with E-state index in [-0.39, 0.29) is 0 Å². The van der Waals surface area contributed by atoms with Gasteiger partial charge in [-0.05, 0) is 23.6 Å². The number of hydrogen-bond acceptors (Lipinski definition) is 2. The molecule has 0 spiro atoms. The summed E-state index contributed by atoms with van der Waals surface area (Å²) in [5.74, 6) is -0.121. The fourth-order valence-electron chi connectivity index (χ4n) is 1.12. The van der Waals surface area contributed by atoms with E-state index in [0.717, 1.165) is 5.56 Å². The van der Waals surface area contributed by atoms with E-state index in [1.807, 2.05) is 12.1 Å². The van der Waals surface area contributed by atoms with Gasteiger partial charge in [0.15, 0.2) is 0 Å². The highest BCUT2D eigenvalue weighted by Gasteiger charge is 2.04. The maximum atomic E-state index is 11.1. The second-order valence-electron chi connectivity index (χ2n) is 3.28. The van der Waals surface area contributed by atoms with E-state index in [0.29, 0.717) is 11.5 Å². The van der Waals surface area contributed by atoms with Crippen molar-refractivity contribution >= 4 is 12.0 Å². The number of isocyanates is 1. The van der Waals surface area contributed by atoms with Crippen LogP contribution in [-0.2, 0) is 4.79 Å². The van der Waals surface area contributed by atoms with Crippen molar-refractivity contribution in [2.45, 2.75) is 19.8 Å². The van der Waals surface area contributed by atoms with E-state index in [2.05, 4.69) is 18.8 Å². The molecule has 1 aromatic carbocycles. The van der Waals surface area contributed by atoms with Crippen LogP contribution in [0.4, 0.5) is 0 Å². The van der Waals surface area contributed by atoms with Gasteiger partial charge in [-0.2, -0.15) is 0 Å². The van der Waals surface area contributed by atoms with Crippen molar-refractivity contribution in [3.8, 4) is 0 Å². The summed E-state index contributed by atoms with van der Waals surface area (Å²) in [4.78, 5) is 24.0. The molecule has 0 aliphatic heterocycles. The number of carbonyl (C=O) groups is 1. The number of aliphatic imine (C=N–C) groups is 1. The topological polar surface area (TPSA) is 46.5 Å². The standard InChI is InChI=1S/C11H11NO2/c1-8(2)9-3-5-10(6-4-9)11(14)12-7-13/h3-6,8H,1-2H3. The van der Waals surface area contributed by atoms with Crippen molar-refractivity contribution in [2.24, 2.45) is 4.99 Å². The van der Waals surface area contributed by atoms with Crippen LogP contribution in [-0.4, -0.2) is 12.0 Å². The van der Waals surface area contributed by atoms with Crippen molar-refractivity contribution in [3.63, 3.8) is 0 Å². The third kappa shape index (κ3) is 2.38. The van der Waals surface area contributed by atoms with E-state index >= 15 is 0 Å². The van der Waals surface area contributed by atoms with E-state index in [1.165, 1.54) is 6.08 Å². The Morgan fingerprint density at radius 3 is 2.29 bits per heavy atom. The first-order chi connectivity index (χ1) is 6.65. The number of amides is 1. The minimum atomic E-state index is -0.546. The number of carbonyl (C=O) groups excluding carboxylic acids is 2. The van der Waals surface area contributed by atoms with Crippen LogP contribution in [0.3, 0.4) is 0 Å². The molecule has 0 aliphatic carbocycles. The van der Waals surface area contributed by atoms with Crippen molar-refractivity contribution in [1.82, 2.24) is 0 Å². The maximum absolute atomic E-state index is 11.1. The normalized spacial score (nSPS) is 9.64. The van der Waals surface area contributed by atoms with Gasteiger partial charge in [-0.25, -0.2) is 4.79 Å². The summed E-state index contributed by atoms with van der Waals surface area (Å²) in [5, 5.41) is 0. The molecule has 0 unspecified atom stereocenters. The van der Waals surface area contributed by atoms with E-state index in [9.17, 15) is 9.59 Å². The van der Waals surface area contributed by atoms with Crippen LogP contribution in [0.5, 0.6) is 0 Å². The van der Waals surface area contributed by atoms with Gasteiger partial charge in [-0.1, -0.05) is 26.0 Å². The lowest BCUT2D eigenvalue weighted by molar-refractivity contribution is 0.100. The van der Waals surface area contributed by atoms with Crippen LogP contribution in [0.15, 0.2) is 29.3 Å². The zero-order valence-electron chi connectivity index (χ0n) is 8.15. The van der Waals surface area contributed by atoms with Gasteiger partial charge < -0.3 is 0 Å². The molecule has 14 heavy (non-hydrogen) atoms. The molecule has 0 N–H and O–H groups in total. The monoisotopic (exact) mass is 189 g/mol. The maximum Gasteiger partial charge on any atom is 0.287 e. The molecule has 3 nitrogen and oxygen atoms in total. The zero-order valence-corrected chi connectivity index (χ0v) is 8.15. The third-order valence-corrected chi connectivity index (χ3v) is 1.97. The molecule has 0 saturated heterocycles. The Hall–Kier alpha value is -1.73. The Labute approximate surface area is 82.5 Å². The minimum Gasteiger partial charge on any atom is -0.266 e. The molecule has 1 rings (SSSR count). The number of nitrogens with zero attached hydrogens (tertiary/aromatic N) is 1. The first kappa shape index (κ1) is 10.4. The number of benzene rings is 1. The third-order valence-electron chi connectivity index (χ3n) is 1.97. The van der Waals surface area contributed by atoms with Gasteiger partial charge in [0.1, 0.15) is 0 Å². The molecule has 1 amide bonds. The van der Waals surface area contributed by atoms with Crippen LogP contribution in [0.2, 0.25) is 0 Å². The Morgan fingerprint density at radius 2 is 1.86 bits per heavy atom. The molecule has 0 saturated carbocycles. The molecule has 0 fully saturated rings. The Kier molecular flexibility index (Phi) is 3.32. The summed E-state index contributed by atoms with van der Waals surface area (Å²) >= 11 is 0. The van der Waals surface area contributed by atoms with Gasteiger partial charge in [0, 0.05) is 5.56 Å². The summed E-state index contributed by atoms with van der Waals surface area (Å²) in [6.07, 6.45) is 1.23. The SMILES string of the molecule is CC(C)c1ccc(C(=O)N=C=O)cc1. The highest BCUT2D eigenvalue weighted by molar-refractivity contribution is 5.97. The predicted octanol–water partition coefficient (Wildman–Crippen LogP) is 2.29. The molecule has 0 aromatic heterocycles. The van der Waals surface area contributed by atoms with E-state index in [4.69, 9.17) is 0 Å². The molecular formula is C11H11NO2. The first-order valence-corrected chi connectivity index (χ1v) is 4.37. The highest BCUT2D eigenvalue weighted by atomic mass is 16.2. The van der Waals surface area contributed by atoms with Gasteiger partial charge >= 0.3 is 0 Å². The van der Waals surface area contributed by atoms with Gasteiger partial charge in [0.25, 0.3) is 5.91 Å². The van der Waals surface area contributed by atoms with Crippen LogP contribution in [0.25, 0.3) is 0 Å². The highest BCUT2D eigenvalue weighted by Crippen LogP contribution is 2.14. The van der Waals surface area contributed by atoms with Gasteiger partial charge in [0.05, 0.1) is 0 Å². The largest absolute Gasteiger partial charge is 0.287 e. The second kappa shape index (κ2) is 4.49. The molecule has 72 valence electrons. The van der Waals surface area contributed by atoms with Gasteiger partial charge in [-0.15, -0.1) is 4.99 Å². The molecule has 0 atom stereocenters. The molecule has 0 heterocycles. The van der Waals surface area contributed by atoms with Crippen molar-refractivity contribution in [1.29, 1.82) is 0 Å². The lowest BCUT2D eigenvalue weighted by atomic mass is 10.0. The molecular weight excluding hydrogens is 178 g/mol. The van der Waals surface area contributed by atoms with Gasteiger partial charge in [0.2, 0.25) is 6.08 Å². The summed E-state index contributed by atoms with van der Waals surface area (Å²) in [6.45, 7) is 4.14. The van der Waals surface area contributed by atoms with E-state index < -0.39 is 5.91 Å². The predicted molar refractivity (Wildman–Crippen MR) is 53.0 cm³/mol. The van der Waals surface area contributed by atoms with Crippen LogP contribution >= 0.6 is 0 Å². The van der Waals surface area contributed by atoms with Crippen molar-refractivity contribution in [3.05, 3.63) is 35.4 Å². The average molecular weight is 189 g/mol. The summed E-state index contributed by atoms with van der Waals surface area (Å²) in [7, 11) is 0. The van der Waals surface area contributed by atoms with Crippen LogP contribution in [0.1, 0.15) is 35.7 Å². The summed E-state index contributed by atoms with van der Waals surface area (Å²) < 4.78 is 0.